The van der Waals surface area contributed by atoms with Gasteiger partial charge in [0.1, 0.15) is 0 Å². The van der Waals surface area contributed by atoms with Crippen molar-refractivity contribution in [2.75, 3.05) is 13.1 Å². The average Bonchev–Trinajstić information content (AvgIpc) is 3.08. The maximum Gasteiger partial charge on any atom is 0.332 e. The molecule has 1 aliphatic rings. The lowest BCUT2D eigenvalue weighted by Gasteiger charge is -2.24. The molecular formula is C21H27N5O2S. The molecule has 8 heteroatoms. The zero-order valence-electron chi connectivity index (χ0n) is 17.4. The van der Waals surface area contributed by atoms with E-state index in [4.69, 9.17) is 0 Å². The van der Waals surface area contributed by atoms with Crippen molar-refractivity contribution in [1.82, 2.24) is 24.0 Å². The van der Waals surface area contributed by atoms with Crippen molar-refractivity contribution in [2.45, 2.75) is 43.4 Å². The van der Waals surface area contributed by atoms with Gasteiger partial charge in [-0.1, -0.05) is 17.7 Å². The Bertz CT molecular complexity index is 1180. The summed E-state index contributed by atoms with van der Waals surface area (Å²) in [5.41, 5.74) is 3.62. The lowest BCUT2D eigenvalue weighted by Crippen LogP contribution is -2.40. The monoisotopic (exact) mass is 413 g/mol. The summed E-state index contributed by atoms with van der Waals surface area (Å²) in [6, 6.07) is 4.29. The Morgan fingerprint density at radius 1 is 1.17 bits per heavy atom. The fraction of sp³-hybridized carbons (Fsp3) is 0.476. The quantitative estimate of drug-likeness (QED) is 0.708. The van der Waals surface area contributed by atoms with Crippen LogP contribution in [-0.4, -0.2) is 37.0 Å². The molecule has 4 rings (SSSR count). The molecule has 154 valence electrons. The van der Waals surface area contributed by atoms with E-state index in [1.165, 1.54) is 19.6 Å². The first-order valence-electron chi connectivity index (χ1n) is 9.95. The normalized spacial score (nSPS) is 15.3. The third kappa shape index (κ3) is 3.67. The van der Waals surface area contributed by atoms with E-state index in [1.807, 2.05) is 11.8 Å². The van der Waals surface area contributed by atoms with Gasteiger partial charge in [0.15, 0.2) is 11.2 Å². The third-order valence-corrected chi connectivity index (χ3v) is 7.22. The minimum atomic E-state index is -0.335. The molecule has 0 radical (unpaired) electrons. The van der Waals surface area contributed by atoms with Crippen molar-refractivity contribution < 1.29 is 0 Å². The largest absolute Gasteiger partial charge is 0.332 e. The Kier molecular flexibility index (Phi) is 5.40. The molecule has 0 amide bonds. The Morgan fingerprint density at radius 2 is 1.90 bits per heavy atom. The minimum absolute atomic E-state index is 0.266. The van der Waals surface area contributed by atoms with Gasteiger partial charge in [-0.25, -0.2) is 9.78 Å². The highest BCUT2D eigenvalue weighted by Crippen LogP contribution is 2.34. The average molecular weight is 414 g/mol. The molecule has 3 heterocycles. The number of aryl methyl sites for hydroxylation is 4. The molecule has 0 saturated carbocycles. The number of nitrogens with one attached hydrogen (secondary N) is 1. The summed E-state index contributed by atoms with van der Waals surface area (Å²) in [6.07, 6.45) is 3.82. The van der Waals surface area contributed by atoms with Crippen molar-refractivity contribution in [2.24, 2.45) is 14.1 Å². The molecule has 1 fully saturated rings. The Labute approximate surface area is 173 Å². The summed E-state index contributed by atoms with van der Waals surface area (Å²) >= 11 is 1.89. The van der Waals surface area contributed by atoms with Crippen molar-refractivity contribution in [3.63, 3.8) is 0 Å². The van der Waals surface area contributed by atoms with Crippen LogP contribution in [0.25, 0.3) is 11.2 Å². The molecule has 7 nitrogen and oxygen atoms in total. The van der Waals surface area contributed by atoms with E-state index in [2.05, 4.69) is 36.3 Å². The summed E-state index contributed by atoms with van der Waals surface area (Å²) in [5.74, 6) is 0. The van der Waals surface area contributed by atoms with Gasteiger partial charge in [-0.2, -0.15) is 0 Å². The van der Waals surface area contributed by atoms with Gasteiger partial charge in [0, 0.05) is 24.2 Å². The molecule has 1 aliphatic heterocycles. The fourth-order valence-corrected chi connectivity index (χ4v) is 5.44. The molecular weight excluding hydrogens is 386 g/mol. The topological polar surface area (TPSA) is 73.8 Å². The van der Waals surface area contributed by atoms with Crippen LogP contribution in [-0.2, 0) is 20.6 Å². The summed E-state index contributed by atoms with van der Waals surface area (Å²) in [7, 11) is 3.44. The maximum absolute atomic E-state index is 13.1. The van der Waals surface area contributed by atoms with Gasteiger partial charge in [-0.15, -0.1) is 11.8 Å². The van der Waals surface area contributed by atoms with Crippen molar-refractivity contribution in [1.29, 1.82) is 0 Å². The van der Waals surface area contributed by atoms with Crippen LogP contribution in [0.3, 0.4) is 0 Å². The van der Waals surface area contributed by atoms with E-state index in [1.54, 1.807) is 25.0 Å². The highest BCUT2D eigenvalue weighted by Gasteiger charge is 2.20. The summed E-state index contributed by atoms with van der Waals surface area (Å²) in [6.45, 7) is 6.51. The second kappa shape index (κ2) is 7.84. The van der Waals surface area contributed by atoms with Gasteiger partial charge in [-0.05, 0) is 50.9 Å². The van der Waals surface area contributed by atoms with E-state index >= 15 is 0 Å². The lowest BCUT2D eigenvalue weighted by molar-refractivity contribution is 0.531. The molecule has 0 bridgehead atoms. The number of hydrogen-bond donors (Lipinski definition) is 1. The molecule has 29 heavy (non-hydrogen) atoms. The molecule has 1 aromatic carbocycles. The van der Waals surface area contributed by atoms with Crippen LogP contribution < -0.4 is 16.6 Å². The SMILES string of the molecule is Cc1cc(C)c(SC2CCNCC2)c(Cn2c(=O)c3c(ncn3C)n(C)c2=O)c1. The van der Waals surface area contributed by atoms with E-state index in [-0.39, 0.29) is 17.8 Å². The molecule has 0 unspecified atom stereocenters. The molecule has 3 aromatic rings. The van der Waals surface area contributed by atoms with Crippen LogP contribution in [0.2, 0.25) is 0 Å². The predicted octanol–water partition coefficient (Wildman–Crippen LogP) is 1.94. The summed E-state index contributed by atoms with van der Waals surface area (Å²) in [4.78, 5) is 31.5. The fourth-order valence-electron chi connectivity index (χ4n) is 4.11. The summed E-state index contributed by atoms with van der Waals surface area (Å²) < 4.78 is 4.48. The van der Waals surface area contributed by atoms with E-state index < -0.39 is 0 Å². The number of thioether (sulfide) groups is 1. The zero-order chi connectivity index (χ0) is 20.7. The van der Waals surface area contributed by atoms with Gasteiger partial charge < -0.3 is 9.88 Å². The highest BCUT2D eigenvalue weighted by atomic mass is 32.2. The number of fused-ring (bicyclic) bond motifs is 1. The lowest BCUT2D eigenvalue weighted by atomic mass is 10.1. The first kappa shape index (κ1) is 20.0. The third-order valence-electron chi connectivity index (χ3n) is 5.60. The predicted molar refractivity (Wildman–Crippen MR) is 117 cm³/mol. The number of piperidine rings is 1. The molecule has 0 spiro atoms. The van der Waals surface area contributed by atoms with E-state index in [9.17, 15) is 9.59 Å². The second-order valence-electron chi connectivity index (χ2n) is 7.90. The Balaban J connectivity index is 1.81. The molecule has 1 saturated heterocycles. The maximum atomic E-state index is 13.1. The van der Waals surface area contributed by atoms with Crippen LogP contribution in [0.15, 0.2) is 32.9 Å². The smallest absolute Gasteiger partial charge is 0.328 e. The number of nitrogens with zero attached hydrogens (tertiary/aromatic N) is 4. The zero-order valence-corrected chi connectivity index (χ0v) is 18.2. The van der Waals surface area contributed by atoms with Crippen LogP contribution in [0.5, 0.6) is 0 Å². The number of aromatic nitrogens is 4. The number of benzene rings is 1. The minimum Gasteiger partial charge on any atom is -0.328 e. The van der Waals surface area contributed by atoms with Gasteiger partial charge >= 0.3 is 5.69 Å². The van der Waals surface area contributed by atoms with Crippen molar-refractivity contribution in [3.05, 3.63) is 56.0 Å². The molecule has 1 N–H and O–H groups in total. The van der Waals surface area contributed by atoms with Crippen molar-refractivity contribution >= 4 is 22.9 Å². The van der Waals surface area contributed by atoms with Crippen molar-refractivity contribution in [3.8, 4) is 0 Å². The second-order valence-corrected chi connectivity index (χ2v) is 9.21. The van der Waals surface area contributed by atoms with Crippen LogP contribution in [0, 0.1) is 13.8 Å². The van der Waals surface area contributed by atoms with Crippen LogP contribution in [0.1, 0.15) is 29.5 Å². The summed E-state index contributed by atoms with van der Waals surface area (Å²) in [5, 5.41) is 3.96. The molecule has 2 aromatic heterocycles. The number of imidazole rings is 1. The standard InChI is InChI=1S/C21H27N5O2S/c1-13-9-14(2)18(29-16-5-7-22-8-6-16)15(10-13)11-26-20(27)17-19(23-12-24(17)3)25(4)21(26)28/h9-10,12,16,22H,5-8,11H2,1-4H3. The molecule has 0 atom stereocenters. The van der Waals surface area contributed by atoms with Gasteiger partial charge in [0.25, 0.3) is 5.56 Å². The van der Waals surface area contributed by atoms with Crippen LogP contribution >= 0.6 is 11.8 Å². The van der Waals surface area contributed by atoms with Gasteiger partial charge in [-0.3, -0.25) is 13.9 Å². The first-order chi connectivity index (χ1) is 13.9. The van der Waals surface area contributed by atoms with E-state index in [0.717, 1.165) is 37.1 Å². The van der Waals surface area contributed by atoms with Gasteiger partial charge in [0.2, 0.25) is 0 Å². The Hall–Kier alpha value is -2.32. The first-order valence-corrected chi connectivity index (χ1v) is 10.8. The highest BCUT2D eigenvalue weighted by molar-refractivity contribution is 8.00. The number of rotatable bonds is 4. The van der Waals surface area contributed by atoms with Gasteiger partial charge in [0.05, 0.1) is 12.9 Å². The Morgan fingerprint density at radius 3 is 2.62 bits per heavy atom. The molecule has 0 aliphatic carbocycles. The van der Waals surface area contributed by atoms with Crippen LogP contribution in [0.4, 0.5) is 0 Å². The van der Waals surface area contributed by atoms with E-state index in [0.29, 0.717) is 16.4 Å². The number of hydrogen-bond acceptors (Lipinski definition) is 5.